The Bertz CT molecular complexity index is 981. The summed E-state index contributed by atoms with van der Waals surface area (Å²) in [5.41, 5.74) is -4.06. The SMILES string of the molecule is CC(Sc1ccc(Cl)c(C(F)(F)F)c1)C(=O)Nc1ccc([N+](=O)[O-])cc1C(F)(F)F. The van der Waals surface area contributed by atoms with E-state index in [1.165, 1.54) is 13.0 Å². The molecule has 0 aliphatic carbocycles. The molecule has 30 heavy (non-hydrogen) atoms. The highest BCUT2D eigenvalue weighted by Gasteiger charge is 2.36. The molecular formula is C17H11ClF6N2O3S. The fourth-order valence-electron chi connectivity index (χ4n) is 2.28. The summed E-state index contributed by atoms with van der Waals surface area (Å²) < 4.78 is 78.3. The number of anilines is 1. The van der Waals surface area contributed by atoms with E-state index in [4.69, 9.17) is 11.6 Å². The smallest absolute Gasteiger partial charge is 0.325 e. The van der Waals surface area contributed by atoms with Gasteiger partial charge >= 0.3 is 12.4 Å². The molecule has 0 radical (unpaired) electrons. The minimum absolute atomic E-state index is 0.0223. The lowest BCUT2D eigenvalue weighted by Gasteiger charge is -2.17. The van der Waals surface area contributed by atoms with Gasteiger partial charge in [-0.1, -0.05) is 11.6 Å². The summed E-state index contributed by atoms with van der Waals surface area (Å²) in [5.74, 6) is -0.942. The summed E-state index contributed by atoms with van der Waals surface area (Å²) in [6.07, 6.45) is -9.71. The first-order valence-electron chi connectivity index (χ1n) is 7.90. The van der Waals surface area contributed by atoms with E-state index < -0.39 is 56.0 Å². The van der Waals surface area contributed by atoms with E-state index in [0.717, 1.165) is 24.3 Å². The zero-order valence-corrected chi connectivity index (χ0v) is 16.3. The first kappa shape index (κ1) is 23.8. The number of thioether (sulfide) groups is 1. The molecule has 0 aliphatic heterocycles. The molecule has 2 rings (SSSR count). The van der Waals surface area contributed by atoms with Crippen LogP contribution in [0, 0.1) is 10.1 Å². The van der Waals surface area contributed by atoms with E-state index in [-0.39, 0.29) is 11.0 Å². The molecule has 1 unspecified atom stereocenters. The van der Waals surface area contributed by atoms with Gasteiger partial charge in [-0.2, -0.15) is 26.3 Å². The number of alkyl halides is 6. The summed E-state index contributed by atoms with van der Waals surface area (Å²) in [7, 11) is 0. The molecular weight excluding hydrogens is 462 g/mol. The predicted octanol–water partition coefficient (Wildman–Crippen LogP) is 6.41. The number of rotatable bonds is 5. The Morgan fingerprint density at radius 3 is 2.20 bits per heavy atom. The van der Waals surface area contributed by atoms with Crippen LogP contribution in [-0.2, 0) is 17.1 Å². The monoisotopic (exact) mass is 472 g/mol. The van der Waals surface area contributed by atoms with E-state index in [9.17, 15) is 41.3 Å². The van der Waals surface area contributed by atoms with Crippen LogP contribution in [0.25, 0.3) is 0 Å². The van der Waals surface area contributed by atoms with Gasteiger partial charge in [-0.05, 0) is 31.2 Å². The second kappa shape index (κ2) is 8.72. The van der Waals surface area contributed by atoms with E-state index >= 15 is 0 Å². The molecule has 0 saturated heterocycles. The van der Waals surface area contributed by atoms with Gasteiger partial charge < -0.3 is 5.32 Å². The summed E-state index contributed by atoms with van der Waals surface area (Å²) in [5, 5.41) is 11.1. The average Bonchev–Trinajstić information content (AvgIpc) is 2.61. The molecule has 2 aromatic carbocycles. The third kappa shape index (κ3) is 5.79. The van der Waals surface area contributed by atoms with Crippen LogP contribution in [-0.4, -0.2) is 16.1 Å². The largest absolute Gasteiger partial charge is 0.418 e. The molecule has 1 atom stereocenters. The van der Waals surface area contributed by atoms with Crippen molar-refractivity contribution in [3.63, 3.8) is 0 Å². The van der Waals surface area contributed by atoms with E-state index in [1.54, 1.807) is 0 Å². The molecule has 162 valence electrons. The predicted molar refractivity (Wildman–Crippen MR) is 98.5 cm³/mol. The molecule has 5 nitrogen and oxygen atoms in total. The number of nitro benzene ring substituents is 1. The number of hydrogen-bond acceptors (Lipinski definition) is 4. The van der Waals surface area contributed by atoms with Crippen molar-refractivity contribution in [1.29, 1.82) is 0 Å². The molecule has 13 heteroatoms. The van der Waals surface area contributed by atoms with Crippen LogP contribution in [0.1, 0.15) is 18.1 Å². The fraction of sp³-hybridized carbons (Fsp3) is 0.235. The zero-order chi connectivity index (χ0) is 22.9. The zero-order valence-electron chi connectivity index (χ0n) is 14.8. The molecule has 1 N–H and O–H groups in total. The van der Waals surface area contributed by atoms with Crippen LogP contribution in [0.5, 0.6) is 0 Å². The molecule has 1 amide bonds. The van der Waals surface area contributed by atoms with Crippen molar-refractivity contribution < 1.29 is 36.1 Å². The fourth-order valence-corrected chi connectivity index (χ4v) is 3.41. The highest BCUT2D eigenvalue weighted by atomic mass is 35.5. The minimum Gasteiger partial charge on any atom is -0.325 e. The van der Waals surface area contributed by atoms with Gasteiger partial charge in [0.25, 0.3) is 5.69 Å². The highest BCUT2D eigenvalue weighted by molar-refractivity contribution is 8.00. The van der Waals surface area contributed by atoms with E-state index in [2.05, 4.69) is 0 Å². The van der Waals surface area contributed by atoms with E-state index in [1.807, 2.05) is 5.32 Å². The van der Waals surface area contributed by atoms with Crippen LogP contribution in [0.4, 0.5) is 37.7 Å². The number of benzene rings is 2. The summed E-state index contributed by atoms with van der Waals surface area (Å²) in [4.78, 5) is 22.0. The molecule has 0 aliphatic rings. The number of halogens is 7. The second-order valence-electron chi connectivity index (χ2n) is 5.87. The number of nitrogens with one attached hydrogen (secondary N) is 1. The standard InChI is InChI=1S/C17H11ClF6N2O3S/c1-8(30-10-3-4-13(18)11(7-10)16(19,20)21)15(27)25-14-5-2-9(26(28)29)6-12(14)17(22,23)24/h2-8H,1H3,(H,25,27). The highest BCUT2D eigenvalue weighted by Crippen LogP contribution is 2.39. The topological polar surface area (TPSA) is 72.2 Å². The van der Waals surface area contributed by atoms with Gasteiger partial charge in [-0.15, -0.1) is 11.8 Å². The Morgan fingerprint density at radius 1 is 1.07 bits per heavy atom. The van der Waals surface area contributed by atoms with Gasteiger partial charge in [0.15, 0.2) is 0 Å². The van der Waals surface area contributed by atoms with Gasteiger partial charge in [0.1, 0.15) is 0 Å². The summed E-state index contributed by atoms with van der Waals surface area (Å²) in [6.45, 7) is 1.28. The number of non-ortho nitro benzene ring substituents is 1. The lowest BCUT2D eigenvalue weighted by atomic mass is 10.1. The van der Waals surface area contributed by atoms with Gasteiger partial charge in [0, 0.05) is 17.0 Å². The molecule has 0 saturated carbocycles. The maximum atomic E-state index is 13.2. The second-order valence-corrected chi connectivity index (χ2v) is 7.69. The number of nitro groups is 1. The van der Waals surface area contributed by atoms with Crippen LogP contribution < -0.4 is 5.32 Å². The lowest BCUT2D eigenvalue weighted by Crippen LogP contribution is -2.24. The maximum Gasteiger partial charge on any atom is 0.418 e. The van der Waals surface area contributed by atoms with Gasteiger partial charge in [0.2, 0.25) is 5.91 Å². The Morgan fingerprint density at radius 2 is 1.67 bits per heavy atom. The molecule has 2 aromatic rings. The molecule has 0 aromatic heterocycles. The molecule has 0 spiro atoms. The molecule has 0 bridgehead atoms. The van der Waals surface area contributed by atoms with Gasteiger partial charge in [0.05, 0.1) is 32.0 Å². The third-order valence-corrected chi connectivity index (χ3v) is 5.13. The maximum absolute atomic E-state index is 13.2. The summed E-state index contributed by atoms with van der Waals surface area (Å²) in [6, 6.07) is 4.76. The van der Waals surface area contributed by atoms with E-state index in [0.29, 0.717) is 11.8 Å². The number of hydrogen-bond donors (Lipinski definition) is 1. The Kier molecular flexibility index (Phi) is 6.92. The lowest BCUT2D eigenvalue weighted by molar-refractivity contribution is -0.385. The van der Waals surface area contributed by atoms with Crippen LogP contribution in [0.3, 0.4) is 0 Å². The van der Waals surface area contributed by atoms with Crippen molar-refractivity contribution in [3.8, 4) is 0 Å². The van der Waals surface area contributed by atoms with Crippen molar-refractivity contribution in [1.82, 2.24) is 0 Å². The van der Waals surface area contributed by atoms with Gasteiger partial charge in [-0.3, -0.25) is 14.9 Å². The number of carbonyl (C=O) groups is 1. The van der Waals surface area contributed by atoms with Crippen LogP contribution in [0.15, 0.2) is 41.3 Å². The van der Waals surface area contributed by atoms with Crippen LogP contribution >= 0.6 is 23.4 Å². The van der Waals surface area contributed by atoms with Crippen molar-refractivity contribution in [2.75, 3.05) is 5.32 Å². The van der Waals surface area contributed by atoms with Crippen molar-refractivity contribution in [2.24, 2.45) is 0 Å². The van der Waals surface area contributed by atoms with Crippen molar-refractivity contribution in [3.05, 3.63) is 62.7 Å². The normalized spacial score (nSPS) is 13.1. The Balaban J connectivity index is 2.24. The molecule has 0 fully saturated rings. The molecule has 0 heterocycles. The van der Waals surface area contributed by atoms with Gasteiger partial charge in [-0.25, -0.2) is 0 Å². The average molecular weight is 473 g/mol. The Labute approximate surface area is 174 Å². The van der Waals surface area contributed by atoms with Crippen molar-refractivity contribution >= 4 is 40.6 Å². The minimum atomic E-state index is -4.98. The first-order chi connectivity index (χ1) is 13.7. The van der Waals surface area contributed by atoms with Crippen molar-refractivity contribution in [2.45, 2.75) is 29.4 Å². The number of carbonyl (C=O) groups excluding carboxylic acids is 1. The first-order valence-corrected chi connectivity index (χ1v) is 9.16. The summed E-state index contributed by atoms with van der Waals surface area (Å²) >= 11 is 6.19. The van der Waals surface area contributed by atoms with Crippen LogP contribution in [0.2, 0.25) is 5.02 Å². The quantitative estimate of drug-likeness (QED) is 0.236. The third-order valence-electron chi connectivity index (χ3n) is 3.70. The number of amides is 1. The number of nitrogens with zero attached hydrogens (tertiary/aromatic N) is 1. The Hall–Kier alpha value is -2.47.